The lowest BCUT2D eigenvalue weighted by molar-refractivity contribution is -0.124. The molecule has 1 aliphatic heterocycles. The molecular weight excluding hydrogens is 252 g/mol. The number of carbonyl (C=O) groups excluding carboxylic acids is 1. The quantitative estimate of drug-likeness (QED) is 0.823. The van der Waals surface area contributed by atoms with Gasteiger partial charge >= 0.3 is 0 Å². The number of carbonyl (C=O) groups is 1. The van der Waals surface area contributed by atoms with Gasteiger partial charge in [0.05, 0.1) is 12.0 Å². The van der Waals surface area contributed by atoms with Crippen LogP contribution in [0.1, 0.15) is 31.7 Å². The Morgan fingerprint density at radius 2 is 2.10 bits per heavy atom. The molecule has 3 rings (SSSR count). The van der Waals surface area contributed by atoms with Crippen molar-refractivity contribution in [3.8, 4) is 0 Å². The highest BCUT2D eigenvalue weighted by Gasteiger charge is 2.51. The van der Waals surface area contributed by atoms with Gasteiger partial charge in [-0.25, -0.2) is 0 Å². The van der Waals surface area contributed by atoms with Crippen LogP contribution in [-0.2, 0) is 14.9 Å². The van der Waals surface area contributed by atoms with Crippen LogP contribution >= 0.6 is 0 Å². The number of hydrogen-bond donors (Lipinski definition) is 2. The van der Waals surface area contributed by atoms with Gasteiger partial charge < -0.3 is 15.8 Å². The maximum atomic E-state index is 12.6. The Morgan fingerprint density at radius 1 is 1.40 bits per heavy atom. The third-order valence-corrected chi connectivity index (χ3v) is 4.68. The number of rotatable bonds is 4. The van der Waals surface area contributed by atoms with E-state index in [-0.39, 0.29) is 17.4 Å². The molecule has 3 N–H and O–H groups in total. The first-order valence-electron chi connectivity index (χ1n) is 7.36. The molecule has 4 heteroatoms. The number of nitrogen functional groups attached to an aromatic ring is 1. The van der Waals surface area contributed by atoms with E-state index >= 15 is 0 Å². The summed E-state index contributed by atoms with van der Waals surface area (Å²) < 4.78 is 5.39. The lowest BCUT2D eigenvalue weighted by atomic mass is 9.93. The third kappa shape index (κ3) is 2.40. The Morgan fingerprint density at radius 3 is 2.65 bits per heavy atom. The molecule has 0 aromatic heterocycles. The normalized spacial score (nSPS) is 25.1. The molecule has 0 radical (unpaired) electrons. The second-order valence-corrected chi connectivity index (χ2v) is 6.09. The Bertz CT molecular complexity index is 488. The van der Waals surface area contributed by atoms with Crippen LogP contribution in [0.3, 0.4) is 0 Å². The highest BCUT2D eigenvalue weighted by molar-refractivity contribution is 5.91. The van der Waals surface area contributed by atoms with Crippen LogP contribution in [0.5, 0.6) is 0 Å². The SMILES string of the molecule is CC(NC(=O)C1(c2ccc(N)cc2)CC1)C1CCOC1. The zero-order valence-corrected chi connectivity index (χ0v) is 11.9. The van der Waals surface area contributed by atoms with Gasteiger partial charge in [-0.05, 0) is 43.9 Å². The average Bonchev–Trinajstić information content (AvgIpc) is 3.06. The molecule has 0 spiro atoms. The van der Waals surface area contributed by atoms with E-state index in [0.29, 0.717) is 5.92 Å². The molecule has 2 unspecified atom stereocenters. The molecule has 0 bridgehead atoms. The predicted octanol–water partition coefficient (Wildman–Crippen LogP) is 1.84. The van der Waals surface area contributed by atoms with Crippen molar-refractivity contribution < 1.29 is 9.53 Å². The number of ether oxygens (including phenoxy) is 1. The van der Waals surface area contributed by atoms with Crippen LogP contribution in [-0.4, -0.2) is 25.2 Å². The fourth-order valence-electron chi connectivity index (χ4n) is 2.98. The summed E-state index contributed by atoms with van der Waals surface area (Å²) in [6.07, 6.45) is 2.89. The third-order valence-electron chi connectivity index (χ3n) is 4.68. The Balaban J connectivity index is 1.68. The summed E-state index contributed by atoms with van der Waals surface area (Å²) in [6, 6.07) is 7.88. The molecule has 1 aliphatic carbocycles. The molecule has 1 aromatic rings. The van der Waals surface area contributed by atoms with E-state index in [1.807, 2.05) is 24.3 Å². The Kier molecular flexibility index (Phi) is 3.42. The fraction of sp³-hybridized carbons (Fsp3) is 0.562. The average molecular weight is 274 g/mol. The first kappa shape index (κ1) is 13.4. The van der Waals surface area contributed by atoms with Crippen LogP contribution < -0.4 is 11.1 Å². The summed E-state index contributed by atoms with van der Waals surface area (Å²) in [6.45, 7) is 3.65. The Labute approximate surface area is 119 Å². The van der Waals surface area contributed by atoms with Crippen LogP contribution in [0, 0.1) is 5.92 Å². The largest absolute Gasteiger partial charge is 0.399 e. The molecule has 20 heavy (non-hydrogen) atoms. The summed E-state index contributed by atoms with van der Waals surface area (Å²) in [4.78, 5) is 12.6. The number of benzene rings is 1. The van der Waals surface area contributed by atoms with Crippen molar-refractivity contribution in [2.75, 3.05) is 18.9 Å². The minimum atomic E-state index is -0.318. The molecule has 1 aromatic carbocycles. The minimum Gasteiger partial charge on any atom is -0.399 e. The molecular formula is C16H22N2O2. The minimum absolute atomic E-state index is 0.154. The number of nitrogens with two attached hydrogens (primary N) is 1. The van der Waals surface area contributed by atoms with Crippen LogP contribution in [0.2, 0.25) is 0 Å². The van der Waals surface area contributed by atoms with Gasteiger partial charge in [-0.15, -0.1) is 0 Å². The highest BCUT2D eigenvalue weighted by atomic mass is 16.5. The fourth-order valence-corrected chi connectivity index (χ4v) is 2.98. The molecule has 108 valence electrons. The Hall–Kier alpha value is -1.55. The van der Waals surface area contributed by atoms with Gasteiger partial charge in [0.1, 0.15) is 0 Å². The van der Waals surface area contributed by atoms with Gasteiger partial charge in [-0.2, -0.15) is 0 Å². The second kappa shape index (κ2) is 5.09. The van der Waals surface area contributed by atoms with Gasteiger partial charge in [0.2, 0.25) is 5.91 Å². The van der Waals surface area contributed by atoms with Gasteiger partial charge in [0.25, 0.3) is 0 Å². The first-order valence-corrected chi connectivity index (χ1v) is 7.36. The van der Waals surface area contributed by atoms with Crippen molar-refractivity contribution in [3.63, 3.8) is 0 Å². The number of anilines is 1. The van der Waals surface area contributed by atoms with Crippen LogP contribution in [0.15, 0.2) is 24.3 Å². The van der Waals surface area contributed by atoms with Gasteiger partial charge in [0.15, 0.2) is 0 Å². The van der Waals surface area contributed by atoms with E-state index in [0.717, 1.165) is 43.7 Å². The van der Waals surface area contributed by atoms with E-state index < -0.39 is 0 Å². The monoisotopic (exact) mass is 274 g/mol. The lowest BCUT2D eigenvalue weighted by Crippen LogP contribution is -2.43. The van der Waals surface area contributed by atoms with E-state index in [2.05, 4.69) is 12.2 Å². The number of nitrogens with one attached hydrogen (secondary N) is 1. The van der Waals surface area contributed by atoms with E-state index in [4.69, 9.17) is 10.5 Å². The van der Waals surface area contributed by atoms with Crippen molar-refractivity contribution in [3.05, 3.63) is 29.8 Å². The van der Waals surface area contributed by atoms with Crippen molar-refractivity contribution in [2.45, 2.75) is 37.6 Å². The molecule has 2 aliphatic rings. The predicted molar refractivity (Wildman–Crippen MR) is 78.3 cm³/mol. The first-order chi connectivity index (χ1) is 9.62. The highest BCUT2D eigenvalue weighted by Crippen LogP contribution is 2.48. The summed E-state index contributed by atoms with van der Waals surface area (Å²) >= 11 is 0. The van der Waals surface area contributed by atoms with Crippen molar-refractivity contribution in [1.29, 1.82) is 0 Å². The summed E-state index contributed by atoms with van der Waals surface area (Å²) in [5.74, 6) is 0.600. The van der Waals surface area contributed by atoms with E-state index in [1.54, 1.807) is 0 Å². The van der Waals surface area contributed by atoms with Crippen LogP contribution in [0.25, 0.3) is 0 Å². The summed E-state index contributed by atoms with van der Waals surface area (Å²) in [5, 5.41) is 3.19. The summed E-state index contributed by atoms with van der Waals surface area (Å²) in [7, 11) is 0. The molecule has 4 nitrogen and oxygen atoms in total. The lowest BCUT2D eigenvalue weighted by Gasteiger charge is -2.23. The van der Waals surface area contributed by atoms with Crippen molar-refractivity contribution in [2.24, 2.45) is 5.92 Å². The van der Waals surface area contributed by atoms with Crippen molar-refractivity contribution >= 4 is 11.6 Å². The zero-order chi connectivity index (χ0) is 14.2. The molecule has 1 saturated heterocycles. The molecule has 1 amide bonds. The zero-order valence-electron chi connectivity index (χ0n) is 11.9. The maximum absolute atomic E-state index is 12.6. The second-order valence-electron chi connectivity index (χ2n) is 6.09. The topological polar surface area (TPSA) is 64.4 Å². The smallest absolute Gasteiger partial charge is 0.230 e. The number of hydrogen-bond acceptors (Lipinski definition) is 3. The molecule has 2 atom stereocenters. The molecule has 2 fully saturated rings. The van der Waals surface area contributed by atoms with E-state index in [9.17, 15) is 4.79 Å². The standard InChI is InChI=1S/C16H22N2O2/c1-11(12-6-9-20-10-12)18-15(19)16(7-8-16)13-2-4-14(17)5-3-13/h2-5,11-12H,6-10,17H2,1H3,(H,18,19). The van der Waals surface area contributed by atoms with E-state index in [1.165, 1.54) is 0 Å². The molecule has 1 heterocycles. The van der Waals surface area contributed by atoms with Gasteiger partial charge in [0, 0.05) is 24.3 Å². The number of amides is 1. The van der Waals surface area contributed by atoms with Crippen molar-refractivity contribution in [1.82, 2.24) is 5.32 Å². The van der Waals surface area contributed by atoms with Gasteiger partial charge in [-0.3, -0.25) is 4.79 Å². The van der Waals surface area contributed by atoms with Gasteiger partial charge in [-0.1, -0.05) is 12.1 Å². The molecule has 1 saturated carbocycles. The van der Waals surface area contributed by atoms with Crippen LogP contribution in [0.4, 0.5) is 5.69 Å². The maximum Gasteiger partial charge on any atom is 0.230 e. The summed E-state index contributed by atoms with van der Waals surface area (Å²) in [5.41, 5.74) is 7.22.